The standard InChI is InChI=1S/C20H42/c1-5-7-9-10-11-13-16-20(4)18-14-17-19(3)15-12-8-6-2/h19-20H,5-18H2,1-4H3. The van der Waals surface area contributed by atoms with Crippen molar-refractivity contribution in [1.29, 1.82) is 0 Å². The second-order valence-electron chi connectivity index (χ2n) is 7.19. The molecule has 0 heterocycles. The number of hydrogen-bond acceptors (Lipinski definition) is 0. The van der Waals surface area contributed by atoms with Gasteiger partial charge in [0.05, 0.1) is 0 Å². The van der Waals surface area contributed by atoms with Crippen LogP contribution < -0.4 is 0 Å². The Morgan fingerprint density at radius 3 is 1.35 bits per heavy atom. The highest BCUT2D eigenvalue weighted by atomic mass is 14.1. The van der Waals surface area contributed by atoms with E-state index in [2.05, 4.69) is 27.7 Å². The van der Waals surface area contributed by atoms with E-state index in [1.54, 1.807) is 0 Å². The molecule has 0 rings (SSSR count). The normalized spacial score (nSPS) is 14.4. The lowest BCUT2D eigenvalue weighted by Gasteiger charge is -2.14. The molecule has 0 aliphatic heterocycles. The highest BCUT2D eigenvalue weighted by molar-refractivity contribution is 4.59. The third kappa shape index (κ3) is 14.4. The van der Waals surface area contributed by atoms with E-state index in [1.165, 1.54) is 89.9 Å². The Balaban J connectivity index is 3.28. The lowest BCUT2D eigenvalue weighted by molar-refractivity contribution is 0.392. The molecule has 0 N–H and O–H groups in total. The van der Waals surface area contributed by atoms with Crippen LogP contribution in [0.4, 0.5) is 0 Å². The summed E-state index contributed by atoms with van der Waals surface area (Å²) in [6.45, 7) is 9.52. The van der Waals surface area contributed by atoms with Gasteiger partial charge in [-0.15, -0.1) is 0 Å². The first-order chi connectivity index (χ1) is 9.70. The molecule has 0 aliphatic carbocycles. The highest BCUT2D eigenvalue weighted by Crippen LogP contribution is 2.21. The van der Waals surface area contributed by atoms with Gasteiger partial charge in [-0.1, -0.05) is 118 Å². The van der Waals surface area contributed by atoms with Gasteiger partial charge in [-0.05, 0) is 11.8 Å². The number of hydrogen-bond donors (Lipinski definition) is 0. The largest absolute Gasteiger partial charge is 0.0654 e. The van der Waals surface area contributed by atoms with Crippen molar-refractivity contribution in [1.82, 2.24) is 0 Å². The summed E-state index contributed by atoms with van der Waals surface area (Å²) in [4.78, 5) is 0. The third-order valence-corrected chi connectivity index (χ3v) is 4.74. The first-order valence-corrected chi connectivity index (χ1v) is 9.70. The van der Waals surface area contributed by atoms with Crippen LogP contribution in [0.1, 0.15) is 118 Å². The molecule has 0 fully saturated rings. The van der Waals surface area contributed by atoms with E-state index in [0.717, 1.165) is 11.8 Å². The van der Waals surface area contributed by atoms with Gasteiger partial charge in [0.25, 0.3) is 0 Å². The van der Waals surface area contributed by atoms with Crippen LogP contribution in [0.2, 0.25) is 0 Å². The summed E-state index contributed by atoms with van der Waals surface area (Å²) in [6.07, 6.45) is 20.2. The fraction of sp³-hybridized carbons (Fsp3) is 1.00. The maximum Gasteiger partial charge on any atom is -0.0443 e. The van der Waals surface area contributed by atoms with Crippen LogP contribution in [-0.4, -0.2) is 0 Å². The van der Waals surface area contributed by atoms with Gasteiger partial charge in [0.2, 0.25) is 0 Å². The van der Waals surface area contributed by atoms with Crippen LogP contribution in [-0.2, 0) is 0 Å². The minimum absolute atomic E-state index is 0.961. The summed E-state index contributed by atoms with van der Waals surface area (Å²) in [7, 11) is 0. The predicted molar refractivity (Wildman–Crippen MR) is 94.3 cm³/mol. The van der Waals surface area contributed by atoms with Crippen molar-refractivity contribution in [2.45, 2.75) is 118 Å². The molecule has 0 bridgehead atoms. The molecule has 0 aromatic heterocycles. The summed E-state index contributed by atoms with van der Waals surface area (Å²) in [5, 5.41) is 0. The van der Waals surface area contributed by atoms with Crippen LogP contribution in [0.3, 0.4) is 0 Å². The monoisotopic (exact) mass is 282 g/mol. The molecular formula is C20H42. The van der Waals surface area contributed by atoms with E-state index >= 15 is 0 Å². The Morgan fingerprint density at radius 1 is 0.450 bits per heavy atom. The van der Waals surface area contributed by atoms with Crippen LogP contribution in [0.25, 0.3) is 0 Å². The number of unbranched alkanes of at least 4 members (excludes halogenated alkanes) is 7. The maximum atomic E-state index is 2.47. The predicted octanol–water partition coefficient (Wildman–Crippen LogP) is 7.76. The molecular weight excluding hydrogens is 240 g/mol. The molecule has 122 valence electrons. The molecule has 0 aromatic rings. The minimum Gasteiger partial charge on any atom is -0.0654 e. The lowest BCUT2D eigenvalue weighted by atomic mass is 9.92. The molecule has 2 unspecified atom stereocenters. The third-order valence-electron chi connectivity index (χ3n) is 4.74. The van der Waals surface area contributed by atoms with Crippen LogP contribution in [0.15, 0.2) is 0 Å². The average Bonchev–Trinajstić information content (AvgIpc) is 2.43. The van der Waals surface area contributed by atoms with Crippen molar-refractivity contribution < 1.29 is 0 Å². The van der Waals surface area contributed by atoms with Gasteiger partial charge < -0.3 is 0 Å². The Kier molecular flexibility index (Phi) is 15.4. The van der Waals surface area contributed by atoms with Crippen molar-refractivity contribution in [2.24, 2.45) is 11.8 Å². The zero-order valence-corrected chi connectivity index (χ0v) is 15.1. The molecule has 2 atom stereocenters. The van der Waals surface area contributed by atoms with Gasteiger partial charge in [0, 0.05) is 0 Å². The molecule has 0 saturated heterocycles. The summed E-state index contributed by atoms with van der Waals surface area (Å²) in [5.74, 6) is 1.92. The van der Waals surface area contributed by atoms with Gasteiger partial charge in [-0.25, -0.2) is 0 Å². The van der Waals surface area contributed by atoms with E-state index in [9.17, 15) is 0 Å². The average molecular weight is 283 g/mol. The molecule has 0 aromatic carbocycles. The molecule has 0 nitrogen and oxygen atoms in total. The van der Waals surface area contributed by atoms with Crippen LogP contribution >= 0.6 is 0 Å². The second kappa shape index (κ2) is 15.4. The molecule has 0 radical (unpaired) electrons. The van der Waals surface area contributed by atoms with E-state index in [1.807, 2.05) is 0 Å². The molecule has 0 heteroatoms. The number of rotatable bonds is 15. The molecule has 0 aliphatic rings. The Morgan fingerprint density at radius 2 is 0.800 bits per heavy atom. The fourth-order valence-electron chi connectivity index (χ4n) is 3.12. The van der Waals surface area contributed by atoms with Crippen molar-refractivity contribution in [3.8, 4) is 0 Å². The highest BCUT2D eigenvalue weighted by Gasteiger charge is 2.05. The zero-order valence-electron chi connectivity index (χ0n) is 15.1. The summed E-state index contributed by atoms with van der Waals surface area (Å²) < 4.78 is 0. The van der Waals surface area contributed by atoms with Crippen molar-refractivity contribution in [2.75, 3.05) is 0 Å². The van der Waals surface area contributed by atoms with Crippen LogP contribution in [0, 0.1) is 11.8 Å². The lowest BCUT2D eigenvalue weighted by Crippen LogP contribution is -1.99. The fourth-order valence-corrected chi connectivity index (χ4v) is 3.12. The topological polar surface area (TPSA) is 0 Å². The van der Waals surface area contributed by atoms with Gasteiger partial charge in [-0.3, -0.25) is 0 Å². The molecule has 20 heavy (non-hydrogen) atoms. The Labute approximate surface area is 130 Å². The Hall–Kier alpha value is 0. The Bertz CT molecular complexity index is 173. The molecule has 0 amide bonds. The molecule has 0 spiro atoms. The van der Waals surface area contributed by atoms with E-state index in [-0.39, 0.29) is 0 Å². The summed E-state index contributed by atoms with van der Waals surface area (Å²) in [6, 6.07) is 0. The first-order valence-electron chi connectivity index (χ1n) is 9.70. The first kappa shape index (κ1) is 20.0. The zero-order chi connectivity index (χ0) is 15.1. The van der Waals surface area contributed by atoms with Crippen molar-refractivity contribution in [3.63, 3.8) is 0 Å². The SMILES string of the molecule is CCCCCCCCC(C)CCCC(C)CCCCC. The maximum absolute atomic E-state index is 2.47. The van der Waals surface area contributed by atoms with E-state index < -0.39 is 0 Å². The van der Waals surface area contributed by atoms with Gasteiger partial charge in [0.1, 0.15) is 0 Å². The second-order valence-corrected chi connectivity index (χ2v) is 7.19. The van der Waals surface area contributed by atoms with Crippen molar-refractivity contribution in [3.05, 3.63) is 0 Å². The smallest absolute Gasteiger partial charge is 0.0443 e. The quantitative estimate of drug-likeness (QED) is 0.269. The summed E-state index contributed by atoms with van der Waals surface area (Å²) in [5.41, 5.74) is 0. The van der Waals surface area contributed by atoms with Gasteiger partial charge >= 0.3 is 0 Å². The van der Waals surface area contributed by atoms with Gasteiger partial charge in [0.15, 0.2) is 0 Å². The van der Waals surface area contributed by atoms with E-state index in [4.69, 9.17) is 0 Å². The van der Waals surface area contributed by atoms with E-state index in [0.29, 0.717) is 0 Å². The molecule has 0 saturated carbocycles. The van der Waals surface area contributed by atoms with Crippen molar-refractivity contribution >= 4 is 0 Å². The summed E-state index contributed by atoms with van der Waals surface area (Å²) >= 11 is 0. The minimum atomic E-state index is 0.961. The van der Waals surface area contributed by atoms with Gasteiger partial charge in [-0.2, -0.15) is 0 Å². The van der Waals surface area contributed by atoms with Crippen LogP contribution in [0.5, 0.6) is 0 Å².